The van der Waals surface area contributed by atoms with E-state index in [2.05, 4.69) is 20.7 Å². The Morgan fingerprint density at radius 1 is 1.07 bits per heavy atom. The first kappa shape index (κ1) is 19.0. The zero-order valence-electron chi connectivity index (χ0n) is 16.3. The van der Waals surface area contributed by atoms with Crippen molar-refractivity contribution in [1.29, 1.82) is 0 Å². The summed E-state index contributed by atoms with van der Waals surface area (Å²) in [5.41, 5.74) is 1.94. The van der Waals surface area contributed by atoms with Gasteiger partial charge in [0.25, 0.3) is 0 Å². The second kappa shape index (κ2) is 9.23. The fourth-order valence-electron chi connectivity index (χ4n) is 3.47. The van der Waals surface area contributed by atoms with Gasteiger partial charge in [-0.15, -0.1) is 0 Å². The third-order valence-electron chi connectivity index (χ3n) is 5.01. The lowest BCUT2D eigenvalue weighted by Crippen LogP contribution is -2.34. The topological polar surface area (TPSA) is 81.1 Å². The van der Waals surface area contributed by atoms with Crippen LogP contribution >= 0.6 is 0 Å². The Kier molecular flexibility index (Phi) is 6.04. The number of nitrogens with zero attached hydrogens (tertiary/aromatic N) is 3. The normalized spacial score (nSPS) is 13.9. The summed E-state index contributed by atoms with van der Waals surface area (Å²) in [6.45, 7) is 0.826. The highest BCUT2D eigenvalue weighted by Gasteiger charge is 2.17. The zero-order valence-corrected chi connectivity index (χ0v) is 16.3. The molecule has 1 fully saturated rings. The predicted octanol–water partition coefficient (Wildman–Crippen LogP) is 3.59. The summed E-state index contributed by atoms with van der Waals surface area (Å²) in [5.74, 6) is 1.57. The second-order valence-corrected chi connectivity index (χ2v) is 7.14. The van der Waals surface area contributed by atoms with Gasteiger partial charge in [-0.25, -0.2) is 14.5 Å². The molecule has 2 amide bonds. The molecule has 0 bridgehead atoms. The number of carbonyl (C=O) groups is 1. The van der Waals surface area contributed by atoms with E-state index in [1.54, 1.807) is 17.1 Å². The van der Waals surface area contributed by atoms with Gasteiger partial charge >= 0.3 is 6.03 Å². The van der Waals surface area contributed by atoms with E-state index in [1.807, 2.05) is 48.7 Å². The van der Waals surface area contributed by atoms with Gasteiger partial charge in [-0.1, -0.05) is 18.2 Å². The molecule has 7 nitrogen and oxygen atoms in total. The van der Waals surface area contributed by atoms with Crippen LogP contribution in [0.1, 0.15) is 36.8 Å². The van der Waals surface area contributed by atoms with Gasteiger partial charge in [0.15, 0.2) is 5.82 Å². The first-order valence-corrected chi connectivity index (χ1v) is 9.99. The van der Waals surface area contributed by atoms with Crippen LogP contribution in [0.3, 0.4) is 0 Å². The first-order valence-electron chi connectivity index (χ1n) is 9.99. The molecule has 0 radical (unpaired) electrons. The number of benzene rings is 1. The van der Waals surface area contributed by atoms with Crippen LogP contribution in [0.2, 0.25) is 0 Å². The summed E-state index contributed by atoms with van der Waals surface area (Å²) in [6.07, 6.45) is 10.2. The highest BCUT2D eigenvalue weighted by molar-refractivity contribution is 5.73. The van der Waals surface area contributed by atoms with E-state index in [0.29, 0.717) is 25.0 Å². The van der Waals surface area contributed by atoms with Gasteiger partial charge in [-0.3, -0.25) is 0 Å². The molecule has 1 aliphatic rings. The number of hydrogen-bond donors (Lipinski definition) is 2. The Labute approximate surface area is 170 Å². The summed E-state index contributed by atoms with van der Waals surface area (Å²) in [5, 5.41) is 9.97. The van der Waals surface area contributed by atoms with Crippen LogP contribution in [0, 0.1) is 0 Å². The van der Waals surface area contributed by atoms with E-state index in [4.69, 9.17) is 4.74 Å². The summed E-state index contributed by atoms with van der Waals surface area (Å²) < 4.78 is 7.82. The zero-order chi connectivity index (χ0) is 19.9. The minimum atomic E-state index is -0.224. The third kappa shape index (κ3) is 5.13. The quantitative estimate of drug-likeness (QED) is 0.645. The lowest BCUT2D eigenvalue weighted by atomic mass is 10.2. The summed E-state index contributed by atoms with van der Waals surface area (Å²) in [4.78, 5) is 16.6. The second-order valence-electron chi connectivity index (χ2n) is 7.14. The Morgan fingerprint density at radius 2 is 1.90 bits per heavy atom. The maximum Gasteiger partial charge on any atom is 0.315 e. The Hall–Kier alpha value is -3.35. The number of aromatic nitrogens is 3. The van der Waals surface area contributed by atoms with Crippen LogP contribution in [0.25, 0.3) is 5.82 Å². The average molecular weight is 391 g/mol. The number of rotatable bonds is 7. The van der Waals surface area contributed by atoms with E-state index in [0.717, 1.165) is 29.7 Å². The number of ether oxygens (including phenoxy) is 1. The van der Waals surface area contributed by atoms with Gasteiger partial charge in [0.1, 0.15) is 5.75 Å². The monoisotopic (exact) mass is 391 g/mol. The number of hydrogen-bond acceptors (Lipinski definition) is 4. The van der Waals surface area contributed by atoms with Crippen molar-refractivity contribution >= 4 is 6.03 Å². The summed E-state index contributed by atoms with van der Waals surface area (Å²) in [7, 11) is 0. The molecule has 1 aliphatic carbocycles. The molecule has 3 aromatic rings. The van der Waals surface area contributed by atoms with Crippen LogP contribution in [-0.2, 0) is 13.1 Å². The van der Waals surface area contributed by atoms with Crippen LogP contribution in [0.4, 0.5) is 4.79 Å². The van der Waals surface area contributed by atoms with Crippen molar-refractivity contribution in [3.63, 3.8) is 0 Å². The van der Waals surface area contributed by atoms with Gasteiger partial charge in [-0.2, -0.15) is 5.10 Å². The highest BCUT2D eigenvalue weighted by atomic mass is 16.5. The molecule has 1 saturated carbocycles. The molecule has 0 spiro atoms. The lowest BCUT2D eigenvalue weighted by Gasteiger charge is -2.17. The third-order valence-corrected chi connectivity index (χ3v) is 5.01. The van der Waals surface area contributed by atoms with Crippen molar-refractivity contribution in [1.82, 2.24) is 25.4 Å². The standard InChI is InChI=1S/C22H25N5O2/c28-22(24-15-17-10-12-23-21(14-17)27-13-5-11-26-27)25-16-18-6-1-4-9-20(18)29-19-7-2-3-8-19/h1,4-6,9-14,19H,2-3,7-8,15-16H2,(H2,24,25,28). The smallest absolute Gasteiger partial charge is 0.315 e. The highest BCUT2D eigenvalue weighted by Crippen LogP contribution is 2.26. The van der Waals surface area contributed by atoms with Gasteiger partial charge in [0.2, 0.25) is 0 Å². The number of pyridine rings is 1. The molecular formula is C22H25N5O2. The summed E-state index contributed by atoms with van der Waals surface area (Å²) in [6, 6.07) is 13.3. The fourth-order valence-corrected chi connectivity index (χ4v) is 3.47. The number of carbonyl (C=O) groups excluding carboxylic acids is 1. The molecule has 2 aromatic heterocycles. The largest absolute Gasteiger partial charge is 0.490 e. The molecule has 2 N–H and O–H groups in total. The van der Waals surface area contributed by atoms with E-state index in [9.17, 15) is 4.79 Å². The minimum Gasteiger partial charge on any atom is -0.490 e. The van der Waals surface area contributed by atoms with Crippen molar-refractivity contribution in [3.8, 4) is 11.6 Å². The number of amides is 2. The molecule has 2 heterocycles. The molecule has 4 rings (SSSR count). The molecule has 150 valence electrons. The van der Waals surface area contributed by atoms with E-state index >= 15 is 0 Å². The number of para-hydroxylation sites is 1. The number of nitrogens with one attached hydrogen (secondary N) is 2. The van der Waals surface area contributed by atoms with Gasteiger partial charge in [0.05, 0.1) is 6.10 Å². The predicted molar refractivity (Wildman–Crippen MR) is 110 cm³/mol. The van der Waals surface area contributed by atoms with Gasteiger partial charge in [-0.05, 0) is 55.5 Å². The van der Waals surface area contributed by atoms with Gasteiger partial charge in [0, 0.05) is 37.2 Å². The molecule has 29 heavy (non-hydrogen) atoms. The van der Waals surface area contributed by atoms with E-state index in [-0.39, 0.29) is 6.03 Å². The minimum absolute atomic E-state index is 0.224. The first-order chi connectivity index (χ1) is 14.3. The van der Waals surface area contributed by atoms with E-state index < -0.39 is 0 Å². The molecule has 0 aliphatic heterocycles. The molecule has 0 saturated heterocycles. The molecule has 0 unspecified atom stereocenters. The van der Waals surface area contributed by atoms with Crippen molar-refractivity contribution in [2.75, 3.05) is 0 Å². The molecule has 1 aromatic carbocycles. The van der Waals surface area contributed by atoms with Crippen molar-refractivity contribution in [3.05, 3.63) is 72.2 Å². The number of urea groups is 1. The van der Waals surface area contributed by atoms with Crippen molar-refractivity contribution in [2.45, 2.75) is 44.9 Å². The Balaban J connectivity index is 1.29. The fraction of sp³-hybridized carbons (Fsp3) is 0.318. The maximum atomic E-state index is 12.3. The van der Waals surface area contributed by atoms with Gasteiger partial charge < -0.3 is 15.4 Å². The van der Waals surface area contributed by atoms with Crippen LogP contribution in [0.15, 0.2) is 61.1 Å². The van der Waals surface area contributed by atoms with Crippen molar-refractivity contribution in [2.24, 2.45) is 0 Å². The summed E-state index contributed by atoms with van der Waals surface area (Å²) >= 11 is 0. The molecule has 0 atom stereocenters. The van der Waals surface area contributed by atoms with Crippen LogP contribution in [-0.4, -0.2) is 26.9 Å². The Bertz CT molecular complexity index is 936. The molecule has 7 heteroatoms. The van der Waals surface area contributed by atoms with Crippen molar-refractivity contribution < 1.29 is 9.53 Å². The van der Waals surface area contributed by atoms with Crippen LogP contribution in [0.5, 0.6) is 5.75 Å². The average Bonchev–Trinajstić information content (AvgIpc) is 3.46. The molecular weight excluding hydrogens is 366 g/mol. The Morgan fingerprint density at radius 3 is 2.72 bits per heavy atom. The van der Waals surface area contributed by atoms with E-state index in [1.165, 1.54) is 12.8 Å². The SMILES string of the molecule is O=C(NCc1ccnc(-n2cccn2)c1)NCc1ccccc1OC1CCCC1. The maximum absolute atomic E-state index is 12.3. The van der Waals surface area contributed by atoms with Crippen LogP contribution < -0.4 is 15.4 Å². The lowest BCUT2D eigenvalue weighted by molar-refractivity contribution is 0.207.